The van der Waals surface area contributed by atoms with Crippen LogP contribution in [-0.4, -0.2) is 18.9 Å². The molecule has 1 fully saturated rings. The highest BCUT2D eigenvalue weighted by Crippen LogP contribution is 2.03. The molecule has 1 atom stereocenters. The Hall–Kier alpha value is -0.0800. The van der Waals surface area contributed by atoms with Crippen LogP contribution in [0.5, 0.6) is 0 Å². The van der Waals surface area contributed by atoms with Crippen molar-refractivity contribution in [1.29, 1.82) is 0 Å². The van der Waals surface area contributed by atoms with Crippen molar-refractivity contribution in [2.45, 2.75) is 25.3 Å². The monoisotopic (exact) mass is 149 g/mol. The molecule has 9 heavy (non-hydrogen) atoms. The molecule has 0 spiro atoms. The van der Waals surface area contributed by atoms with Crippen LogP contribution in [0, 0.1) is 0 Å². The Labute approximate surface area is 61.4 Å². The number of aldehydes is 1. The summed E-state index contributed by atoms with van der Waals surface area (Å²) in [6.07, 6.45) is 4.46. The summed E-state index contributed by atoms with van der Waals surface area (Å²) in [6, 6.07) is 0.156. The van der Waals surface area contributed by atoms with Crippen molar-refractivity contribution >= 4 is 18.7 Å². The molecule has 1 rings (SSSR count). The number of carbonyl (C=O) groups excluding carboxylic acids is 1. The van der Waals surface area contributed by atoms with E-state index in [1.807, 2.05) is 0 Å². The maximum atomic E-state index is 10.1. The van der Waals surface area contributed by atoms with Crippen LogP contribution in [0.1, 0.15) is 19.3 Å². The van der Waals surface area contributed by atoms with Crippen LogP contribution in [0.4, 0.5) is 0 Å². The fourth-order valence-electron chi connectivity index (χ4n) is 0.995. The number of piperidine rings is 1. The van der Waals surface area contributed by atoms with E-state index in [1.54, 1.807) is 0 Å². The number of hydrogen-bond acceptors (Lipinski definition) is 2. The van der Waals surface area contributed by atoms with Crippen LogP contribution in [0.15, 0.2) is 0 Å². The number of halogens is 1. The minimum Gasteiger partial charge on any atom is -0.308 e. The lowest BCUT2D eigenvalue weighted by Gasteiger charge is -2.17. The van der Waals surface area contributed by atoms with Gasteiger partial charge in [0.15, 0.2) is 0 Å². The van der Waals surface area contributed by atoms with Gasteiger partial charge in [0, 0.05) is 0 Å². The van der Waals surface area contributed by atoms with E-state index in [1.165, 1.54) is 12.8 Å². The first-order valence-electron chi connectivity index (χ1n) is 3.12. The summed E-state index contributed by atoms with van der Waals surface area (Å²) in [7, 11) is 0. The number of rotatable bonds is 1. The molecule has 0 aliphatic carbocycles. The van der Waals surface area contributed by atoms with Crippen LogP contribution >= 0.6 is 12.4 Å². The highest BCUT2D eigenvalue weighted by molar-refractivity contribution is 5.85. The highest BCUT2D eigenvalue weighted by Gasteiger charge is 2.09. The van der Waals surface area contributed by atoms with Crippen LogP contribution in [0.3, 0.4) is 0 Å². The van der Waals surface area contributed by atoms with E-state index in [0.717, 1.165) is 19.3 Å². The van der Waals surface area contributed by atoms with E-state index in [4.69, 9.17) is 0 Å². The van der Waals surface area contributed by atoms with Gasteiger partial charge < -0.3 is 10.1 Å². The summed E-state index contributed by atoms with van der Waals surface area (Å²) in [4.78, 5) is 10.1. The minimum atomic E-state index is 0. The largest absolute Gasteiger partial charge is 0.308 e. The van der Waals surface area contributed by atoms with Gasteiger partial charge in [-0.15, -0.1) is 12.4 Å². The van der Waals surface area contributed by atoms with E-state index in [0.29, 0.717) is 0 Å². The van der Waals surface area contributed by atoms with Crippen molar-refractivity contribution in [3.05, 3.63) is 0 Å². The van der Waals surface area contributed by atoms with Crippen molar-refractivity contribution in [2.24, 2.45) is 0 Å². The fraction of sp³-hybridized carbons (Fsp3) is 0.833. The van der Waals surface area contributed by atoms with Crippen LogP contribution in [0.25, 0.3) is 0 Å². The minimum absolute atomic E-state index is 0. The van der Waals surface area contributed by atoms with Gasteiger partial charge in [0.05, 0.1) is 6.04 Å². The normalized spacial score (nSPS) is 26.4. The van der Waals surface area contributed by atoms with E-state index in [2.05, 4.69) is 5.32 Å². The highest BCUT2D eigenvalue weighted by atomic mass is 35.5. The third-order valence-electron chi connectivity index (χ3n) is 1.51. The van der Waals surface area contributed by atoms with Gasteiger partial charge in [0.1, 0.15) is 6.29 Å². The van der Waals surface area contributed by atoms with Crippen molar-refractivity contribution < 1.29 is 4.79 Å². The third-order valence-corrected chi connectivity index (χ3v) is 1.51. The number of carbonyl (C=O) groups is 1. The molecule has 0 saturated carbocycles. The summed E-state index contributed by atoms with van der Waals surface area (Å²) in [6.45, 7) is 1.02. The van der Waals surface area contributed by atoms with Gasteiger partial charge in [-0.25, -0.2) is 0 Å². The van der Waals surface area contributed by atoms with Gasteiger partial charge in [-0.2, -0.15) is 0 Å². The molecule has 1 N–H and O–H groups in total. The molecule has 0 aromatic rings. The molecule has 54 valence electrons. The molecule has 0 amide bonds. The molecule has 1 aliphatic heterocycles. The zero-order chi connectivity index (χ0) is 5.82. The second-order valence-electron chi connectivity index (χ2n) is 2.19. The molecule has 0 aromatic heterocycles. The quantitative estimate of drug-likeness (QED) is 0.558. The summed E-state index contributed by atoms with van der Waals surface area (Å²) in [5.74, 6) is 0. The smallest absolute Gasteiger partial charge is 0.136 e. The number of hydrogen-bond donors (Lipinski definition) is 1. The molecule has 1 aliphatic rings. The standard InChI is InChI=1S/C6H11NO.ClH/c8-5-6-3-1-2-4-7-6;/h5-7H,1-4H2;1H/t6-;/m1./s1. The van der Waals surface area contributed by atoms with E-state index in [-0.39, 0.29) is 18.4 Å². The molecule has 3 heteroatoms. The van der Waals surface area contributed by atoms with Gasteiger partial charge in [0.2, 0.25) is 0 Å². The SMILES string of the molecule is Cl.O=C[C@H]1CCCCN1. The van der Waals surface area contributed by atoms with Gasteiger partial charge in [-0.1, -0.05) is 6.42 Å². The molecule has 2 nitrogen and oxygen atoms in total. The lowest BCUT2D eigenvalue weighted by atomic mass is 10.1. The summed E-state index contributed by atoms with van der Waals surface area (Å²) >= 11 is 0. The van der Waals surface area contributed by atoms with Gasteiger partial charge in [-0.3, -0.25) is 0 Å². The molecule has 1 saturated heterocycles. The average Bonchev–Trinajstić information content (AvgIpc) is 1.90. The van der Waals surface area contributed by atoms with Crippen molar-refractivity contribution in [3.8, 4) is 0 Å². The Kier molecular flexibility index (Phi) is 4.72. The Morgan fingerprint density at radius 3 is 2.56 bits per heavy atom. The lowest BCUT2D eigenvalue weighted by Crippen LogP contribution is -2.34. The summed E-state index contributed by atoms with van der Waals surface area (Å²) in [5.41, 5.74) is 0. The van der Waals surface area contributed by atoms with Crippen molar-refractivity contribution in [1.82, 2.24) is 5.32 Å². The fourth-order valence-corrected chi connectivity index (χ4v) is 0.995. The first-order valence-corrected chi connectivity index (χ1v) is 3.12. The van der Waals surface area contributed by atoms with Crippen molar-refractivity contribution in [2.75, 3.05) is 6.54 Å². The second kappa shape index (κ2) is 4.77. The molecule has 0 bridgehead atoms. The van der Waals surface area contributed by atoms with Crippen LogP contribution in [0.2, 0.25) is 0 Å². The maximum absolute atomic E-state index is 10.1. The predicted octanol–water partition coefficient (Wildman–Crippen LogP) is 0.749. The molecule has 0 unspecified atom stereocenters. The predicted molar refractivity (Wildman–Crippen MR) is 39.0 cm³/mol. The van der Waals surface area contributed by atoms with Crippen LogP contribution in [-0.2, 0) is 4.79 Å². The van der Waals surface area contributed by atoms with Crippen LogP contribution < -0.4 is 5.32 Å². The Bertz CT molecular complexity index is 81.1. The summed E-state index contributed by atoms with van der Waals surface area (Å²) in [5, 5.41) is 3.10. The van der Waals surface area contributed by atoms with E-state index < -0.39 is 0 Å². The third kappa shape index (κ3) is 2.82. The van der Waals surface area contributed by atoms with Gasteiger partial charge in [-0.05, 0) is 19.4 Å². The molecular formula is C6H12ClNO. The van der Waals surface area contributed by atoms with Gasteiger partial charge >= 0.3 is 0 Å². The molecule has 0 aromatic carbocycles. The first kappa shape index (κ1) is 8.92. The Morgan fingerprint density at radius 2 is 2.22 bits per heavy atom. The van der Waals surface area contributed by atoms with E-state index >= 15 is 0 Å². The Morgan fingerprint density at radius 1 is 1.44 bits per heavy atom. The second-order valence-corrected chi connectivity index (χ2v) is 2.19. The maximum Gasteiger partial charge on any atom is 0.136 e. The molecule has 1 heterocycles. The molecule has 0 radical (unpaired) electrons. The van der Waals surface area contributed by atoms with Gasteiger partial charge in [0.25, 0.3) is 0 Å². The van der Waals surface area contributed by atoms with Crippen molar-refractivity contribution in [3.63, 3.8) is 0 Å². The zero-order valence-electron chi connectivity index (χ0n) is 5.30. The topological polar surface area (TPSA) is 29.1 Å². The number of nitrogens with one attached hydrogen (secondary N) is 1. The first-order chi connectivity index (χ1) is 3.93. The van der Waals surface area contributed by atoms with E-state index in [9.17, 15) is 4.79 Å². The Balaban J connectivity index is 0.000000640. The summed E-state index contributed by atoms with van der Waals surface area (Å²) < 4.78 is 0. The zero-order valence-corrected chi connectivity index (χ0v) is 6.12. The lowest BCUT2D eigenvalue weighted by molar-refractivity contribution is -0.110. The average molecular weight is 150 g/mol. The molecular weight excluding hydrogens is 138 g/mol.